The van der Waals surface area contributed by atoms with Crippen molar-refractivity contribution in [1.29, 1.82) is 0 Å². The van der Waals surface area contributed by atoms with E-state index in [1.165, 1.54) is 6.42 Å². The van der Waals surface area contributed by atoms with Gasteiger partial charge in [-0.15, -0.1) is 0 Å². The molecule has 15 heavy (non-hydrogen) atoms. The molecule has 1 aliphatic carbocycles. The predicted octanol–water partition coefficient (Wildman–Crippen LogP) is 2.87. The average molecular weight is 210 g/mol. The minimum atomic E-state index is -0.682. The van der Waals surface area contributed by atoms with Crippen molar-refractivity contribution in [3.8, 4) is 0 Å². The van der Waals surface area contributed by atoms with E-state index in [1.807, 2.05) is 0 Å². The van der Waals surface area contributed by atoms with Gasteiger partial charge in [-0.1, -0.05) is 20.3 Å². The fourth-order valence-corrected chi connectivity index (χ4v) is 2.85. The van der Waals surface area contributed by atoms with Crippen LogP contribution in [0.4, 0.5) is 0 Å². The highest BCUT2D eigenvalue weighted by atomic mass is 16.5. The van der Waals surface area contributed by atoms with E-state index in [1.54, 1.807) is 0 Å². The highest BCUT2D eigenvalue weighted by Crippen LogP contribution is 2.43. The van der Waals surface area contributed by atoms with Gasteiger partial charge in [0, 0.05) is 0 Å². The van der Waals surface area contributed by atoms with Crippen LogP contribution in [0.2, 0.25) is 0 Å². The van der Waals surface area contributed by atoms with E-state index in [4.69, 9.17) is 4.74 Å². The van der Waals surface area contributed by atoms with E-state index < -0.39 is 5.60 Å². The summed E-state index contributed by atoms with van der Waals surface area (Å²) in [7, 11) is 0. The van der Waals surface area contributed by atoms with Crippen LogP contribution in [0.5, 0.6) is 0 Å². The second-order valence-electron chi connectivity index (χ2n) is 5.14. The first kappa shape index (κ1) is 11.0. The maximum Gasteiger partial charge on any atom is 0.124 e. The fraction of sp³-hybridized carbons (Fsp3) is 0.846. The van der Waals surface area contributed by atoms with Crippen LogP contribution in [-0.4, -0.2) is 17.3 Å². The number of hydrogen-bond donors (Lipinski definition) is 1. The number of rotatable bonds is 1. The minimum absolute atomic E-state index is 0.315. The molecular weight excluding hydrogens is 188 g/mol. The Kier molecular flexibility index (Phi) is 3.06. The molecular formula is C13H22O2. The largest absolute Gasteiger partial charge is 0.495 e. The topological polar surface area (TPSA) is 29.5 Å². The lowest BCUT2D eigenvalue weighted by molar-refractivity contribution is -0.0751. The third-order valence-electron chi connectivity index (χ3n) is 4.19. The Morgan fingerprint density at radius 2 is 2.20 bits per heavy atom. The van der Waals surface area contributed by atoms with Gasteiger partial charge < -0.3 is 9.84 Å². The zero-order valence-corrected chi connectivity index (χ0v) is 9.83. The van der Waals surface area contributed by atoms with Crippen molar-refractivity contribution in [3.05, 3.63) is 11.8 Å². The standard InChI is InChI=1S/C13H22O2/c1-10-6-5-8-13(14,11(10)2)12-7-3-4-9-15-12/h7,10-11,14H,3-6,8-9H2,1-2H3. The molecule has 2 heteroatoms. The molecule has 1 saturated carbocycles. The second kappa shape index (κ2) is 4.17. The lowest BCUT2D eigenvalue weighted by Gasteiger charge is -2.43. The summed E-state index contributed by atoms with van der Waals surface area (Å²) in [5.74, 6) is 1.76. The summed E-state index contributed by atoms with van der Waals surface area (Å²) in [6, 6.07) is 0. The number of hydrogen-bond acceptors (Lipinski definition) is 2. The molecule has 2 rings (SSSR count). The normalized spacial score (nSPS) is 41.9. The van der Waals surface area contributed by atoms with Gasteiger partial charge >= 0.3 is 0 Å². The van der Waals surface area contributed by atoms with Crippen LogP contribution in [0.25, 0.3) is 0 Å². The lowest BCUT2D eigenvalue weighted by Crippen LogP contribution is -2.45. The second-order valence-corrected chi connectivity index (χ2v) is 5.14. The Labute approximate surface area is 92.3 Å². The molecule has 0 radical (unpaired) electrons. The molecule has 0 bridgehead atoms. The van der Waals surface area contributed by atoms with Crippen LogP contribution >= 0.6 is 0 Å². The molecule has 3 atom stereocenters. The SMILES string of the molecule is CC1CCCC(O)(C2=CCCCO2)C1C. The van der Waals surface area contributed by atoms with Crippen LogP contribution in [-0.2, 0) is 4.74 Å². The fourth-order valence-electron chi connectivity index (χ4n) is 2.85. The van der Waals surface area contributed by atoms with E-state index in [0.717, 1.165) is 38.0 Å². The molecule has 2 nitrogen and oxygen atoms in total. The Morgan fingerprint density at radius 1 is 1.40 bits per heavy atom. The molecule has 1 aliphatic heterocycles. The van der Waals surface area contributed by atoms with Crippen LogP contribution in [0.1, 0.15) is 46.0 Å². The maximum atomic E-state index is 10.7. The van der Waals surface area contributed by atoms with Gasteiger partial charge in [0.25, 0.3) is 0 Å². The van der Waals surface area contributed by atoms with Gasteiger partial charge in [-0.05, 0) is 43.6 Å². The van der Waals surface area contributed by atoms with Gasteiger partial charge in [0.2, 0.25) is 0 Å². The monoisotopic (exact) mass is 210 g/mol. The Hall–Kier alpha value is -0.500. The summed E-state index contributed by atoms with van der Waals surface area (Å²) in [5.41, 5.74) is -0.682. The van der Waals surface area contributed by atoms with Crippen molar-refractivity contribution >= 4 is 0 Å². The van der Waals surface area contributed by atoms with Crippen LogP contribution in [0, 0.1) is 11.8 Å². The molecule has 0 saturated heterocycles. The van der Waals surface area contributed by atoms with E-state index in [-0.39, 0.29) is 0 Å². The van der Waals surface area contributed by atoms with Gasteiger partial charge in [0.1, 0.15) is 11.4 Å². The minimum Gasteiger partial charge on any atom is -0.495 e. The quantitative estimate of drug-likeness (QED) is 0.721. The van der Waals surface area contributed by atoms with Gasteiger partial charge in [0.05, 0.1) is 6.61 Å². The van der Waals surface area contributed by atoms with Gasteiger partial charge in [-0.25, -0.2) is 0 Å². The summed E-state index contributed by atoms with van der Waals surface area (Å²) in [6.07, 6.45) is 7.45. The molecule has 0 aromatic carbocycles. The first-order chi connectivity index (χ1) is 7.14. The molecule has 1 N–H and O–H groups in total. The molecule has 2 aliphatic rings. The summed E-state index contributed by atoms with van der Waals surface area (Å²) in [4.78, 5) is 0. The van der Waals surface area contributed by atoms with Crippen LogP contribution in [0.15, 0.2) is 11.8 Å². The number of aliphatic hydroxyl groups is 1. The highest BCUT2D eigenvalue weighted by Gasteiger charge is 2.44. The van der Waals surface area contributed by atoms with Crippen molar-refractivity contribution in [1.82, 2.24) is 0 Å². The molecule has 0 spiro atoms. The molecule has 3 unspecified atom stereocenters. The van der Waals surface area contributed by atoms with Crippen LogP contribution in [0.3, 0.4) is 0 Å². The van der Waals surface area contributed by atoms with Crippen molar-refractivity contribution in [3.63, 3.8) is 0 Å². The molecule has 0 amide bonds. The average Bonchev–Trinajstić information content (AvgIpc) is 2.27. The van der Waals surface area contributed by atoms with E-state index in [9.17, 15) is 5.11 Å². The lowest BCUT2D eigenvalue weighted by atomic mass is 9.69. The van der Waals surface area contributed by atoms with Crippen molar-refractivity contribution < 1.29 is 9.84 Å². The molecule has 1 fully saturated rings. The van der Waals surface area contributed by atoms with Gasteiger partial charge in [-0.2, -0.15) is 0 Å². The number of allylic oxidation sites excluding steroid dienone is 1. The first-order valence-electron chi connectivity index (χ1n) is 6.20. The third-order valence-corrected chi connectivity index (χ3v) is 4.19. The first-order valence-corrected chi connectivity index (χ1v) is 6.20. The maximum absolute atomic E-state index is 10.7. The summed E-state index contributed by atoms with van der Waals surface area (Å²) >= 11 is 0. The van der Waals surface area contributed by atoms with Crippen molar-refractivity contribution in [2.24, 2.45) is 11.8 Å². The van der Waals surface area contributed by atoms with E-state index in [2.05, 4.69) is 19.9 Å². The Morgan fingerprint density at radius 3 is 2.87 bits per heavy atom. The van der Waals surface area contributed by atoms with Crippen molar-refractivity contribution in [2.75, 3.05) is 6.61 Å². The molecule has 0 aromatic rings. The summed E-state index contributed by atoms with van der Waals surface area (Å²) in [5, 5.41) is 10.7. The Balaban J connectivity index is 2.19. The smallest absolute Gasteiger partial charge is 0.124 e. The van der Waals surface area contributed by atoms with Crippen LogP contribution < -0.4 is 0 Å². The Bertz CT molecular complexity index is 259. The molecule has 0 aromatic heterocycles. The van der Waals surface area contributed by atoms with Gasteiger partial charge in [-0.3, -0.25) is 0 Å². The summed E-state index contributed by atoms with van der Waals surface area (Å²) < 4.78 is 5.65. The highest BCUT2D eigenvalue weighted by molar-refractivity contribution is 5.15. The van der Waals surface area contributed by atoms with Crippen molar-refractivity contribution in [2.45, 2.75) is 51.6 Å². The summed E-state index contributed by atoms with van der Waals surface area (Å²) in [6.45, 7) is 5.16. The van der Waals surface area contributed by atoms with E-state index >= 15 is 0 Å². The van der Waals surface area contributed by atoms with Gasteiger partial charge in [0.15, 0.2) is 0 Å². The molecule has 86 valence electrons. The third kappa shape index (κ3) is 1.92. The molecule has 1 heterocycles. The zero-order chi connectivity index (χ0) is 10.9. The van der Waals surface area contributed by atoms with E-state index in [0.29, 0.717) is 11.8 Å². The number of ether oxygens (including phenoxy) is 1. The zero-order valence-electron chi connectivity index (χ0n) is 9.83. The predicted molar refractivity (Wildman–Crippen MR) is 60.4 cm³/mol.